The van der Waals surface area contributed by atoms with Crippen LogP contribution in [0, 0.1) is 0 Å². The van der Waals surface area contributed by atoms with E-state index in [1.54, 1.807) is 19.2 Å². The van der Waals surface area contributed by atoms with Gasteiger partial charge in [-0.15, -0.1) is 10.2 Å². The van der Waals surface area contributed by atoms with Crippen molar-refractivity contribution in [2.24, 2.45) is 0 Å². The number of carbonyl (C=O) groups is 2. The molecule has 0 aliphatic carbocycles. The third kappa shape index (κ3) is 3.31. The molecule has 104 valence electrons. The zero-order chi connectivity index (χ0) is 14.4. The van der Waals surface area contributed by atoms with Crippen LogP contribution in [0.4, 0.5) is 0 Å². The number of rotatable bonds is 4. The van der Waals surface area contributed by atoms with Gasteiger partial charge >= 0.3 is 11.8 Å². The normalized spacial score (nSPS) is 9.85. The molecule has 1 aromatic heterocycles. The highest BCUT2D eigenvalue weighted by Crippen LogP contribution is 2.16. The Balaban J connectivity index is 1.90. The van der Waals surface area contributed by atoms with Crippen molar-refractivity contribution in [2.75, 3.05) is 12.5 Å². The SMILES string of the molecule is COc1ccccc1CNC(=O)C(=O)Nn1cnnc1. The standard InChI is InChI=1S/C12H13N5O3/c1-20-10-5-3-2-4-9(10)6-13-11(18)12(19)16-17-7-14-15-8-17/h2-5,7-8H,6H2,1H3,(H,13,18)(H,16,19). The zero-order valence-corrected chi connectivity index (χ0v) is 10.7. The van der Waals surface area contributed by atoms with Gasteiger partial charge in [0, 0.05) is 12.1 Å². The number of benzene rings is 1. The molecule has 2 N–H and O–H groups in total. The second-order valence-corrected chi connectivity index (χ2v) is 3.80. The van der Waals surface area contributed by atoms with Crippen LogP contribution in [-0.4, -0.2) is 33.8 Å². The third-order valence-electron chi connectivity index (χ3n) is 2.49. The average Bonchev–Trinajstić information content (AvgIpc) is 2.97. The van der Waals surface area contributed by atoms with E-state index >= 15 is 0 Å². The number of amides is 2. The van der Waals surface area contributed by atoms with Gasteiger partial charge in [-0.25, -0.2) is 4.68 Å². The Labute approximate surface area is 114 Å². The minimum Gasteiger partial charge on any atom is -0.496 e. The van der Waals surface area contributed by atoms with Gasteiger partial charge in [0.25, 0.3) is 0 Å². The summed E-state index contributed by atoms with van der Waals surface area (Å²) in [6, 6.07) is 7.22. The van der Waals surface area contributed by atoms with Crippen LogP contribution < -0.4 is 15.5 Å². The van der Waals surface area contributed by atoms with Crippen molar-refractivity contribution in [3.63, 3.8) is 0 Å². The van der Waals surface area contributed by atoms with Crippen LogP contribution in [0.5, 0.6) is 5.75 Å². The molecule has 0 bridgehead atoms. The van der Waals surface area contributed by atoms with Crippen molar-refractivity contribution in [1.29, 1.82) is 0 Å². The molecule has 0 saturated carbocycles. The zero-order valence-electron chi connectivity index (χ0n) is 10.7. The number of nitrogens with zero attached hydrogens (tertiary/aromatic N) is 3. The van der Waals surface area contributed by atoms with Gasteiger partial charge in [0.15, 0.2) is 0 Å². The number of ether oxygens (including phenoxy) is 1. The predicted molar refractivity (Wildman–Crippen MR) is 69.2 cm³/mol. The van der Waals surface area contributed by atoms with E-state index in [9.17, 15) is 9.59 Å². The summed E-state index contributed by atoms with van der Waals surface area (Å²) < 4.78 is 6.34. The Bertz CT molecular complexity index is 597. The maximum Gasteiger partial charge on any atom is 0.328 e. The van der Waals surface area contributed by atoms with Gasteiger partial charge in [-0.05, 0) is 6.07 Å². The van der Waals surface area contributed by atoms with Crippen molar-refractivity contribution in [2.45, 2.75) is 6.54 Å². The number of carbonyl (C=O) groups excluding carboxylic acids is 2. The van der Waals surface area contributed by atoms with Gasteiger partial charge in [-0.2, -0.15) is 0 Å². The maximum absolute atomic E-state index is 11.6. The summed E-state index contributed by atoms with van der Waals surface area (Å²) >= 11 is 0. The molecule has 0 aliphatic heterocycles. The van der Waals surface area contributed by atoms with Crippen LogP contribution in [-0.2, 0) is 16.1 Å². The number of hydrogen-bond donors (Lipinski definition) is 2. The first kappa shape index (κ1) is 13.5. The number of nitrogens with one attached hydrogen (secondary N) is 2. The summed E-state index contributed by atoms with van der Waals surface area (Å²) in [5.41, 5.74) is 3.07. The first-order chi connectivity index (χ1) is 9.70. The molecule has 2 rings (SSSR count). The summed E-state index contributed by atoms with van der Waals surface area (Å²) in [7, 11) is 1.54. The van der Waals surface area contributed by atoms with E-state index < -0.39 is 11.8 Å². The van der Waals surface area contributed by atoms with E-state index in [4.69, 9.17) is 4.74 Å². The molecule has 1 aromatic carbocycles. The monoisotopic (exact) mass is 275 g/mol. The minimum atomic E-state index is -0.806. The van der Waals surface area contributed by atoms with Crippen LogP contribution in [0.15, 0.2) is 36.9 Å². The minimum absolute atomic E-state index is 0.193. The number of para-hydroxylation sites is 1. The molecule has 8 nitrogen and oxygen atoms in total. The number of methoxy groups -OCH3 is 1. The topological polar surface area (TPSA) is 98.1 Å². The molecule has 0 saturated heterocycles. The van der Waals surface area contributed by atoms with Crippen molar-refractivity contribution in [3.8, 4) is 5.75 Å². The summed E-state index contributed by atoms with van der Waals surface area (Å²) in [4.78, 5) is 23.2. The molecule has 2 aromatic rings. The summed E-state index contributed by atoms with van der Waals surface area (Å²) in [6.07, 6.45) is 2.54. The Morgan fingerprint density at radius 2 is 1.90 bits per heavy atom. The molecule has 0 atom stereocenters. The van der Waals surface area contributed by atoms with E-state index in [1.165, 1.54) is 17.3 Å². The second-order valence-electron chi connectivity index (χ2n) is 3.80. The molecular formula is C12H13N5O3. The molecule has 20 heavy (non-hydrogen) atoms. The fourth-order valence-corrected chi connectivity index (χ4v) is 1.53. The lowest BCUT2D eigenvalue weighted by atomic mass is 10.2. The summed E-state index contributed by atoms with van der Waals surface area (Å²) in [5.74, 6) is -0.920. The molecule has 0 radical (unpaired) electrons. The maximum atomic E-state index is 11.6. The molecular weight excluding hydrogens is 262 g/mol. The highest BCUT2D eigenvalue weighted by atomic mass is 16.5. The second kappa shape index (κ2) is 6.32. The first-order valence-electron chi connectivity index (χ1n) is 5.76. The average molecular weight is 275 g/mol. The molecule has 0 spiro atoms. The Morgan fingerprint density at radius 1 is 1.20 bits per heavy atom. The largest absolute Gasteiger partial charge is 0.496 e. The molecule has 0 fully saturated rings. The van der Waals surface area contributed by atoms with Gasteiger partial charge in [-0.3, -0.25) is 15.0 Å². The number of hydrogen-bond acceptors (Lipinski definition) is 5. The van der Waals surface area contributed by atoms with Crippen molar-refractivity contribution < 1.29 is 14.3 Å². The predicted octanol–water partition coefficient (Wildman–Crippen LogP) is -0.327. The van der Waals surface area contributed by atoms with Gasteiger partial charge < -0.3 is 10.1 Å². The van der Waals surface area contributed by atoms with Crippen molar-refractivity contribution in [1.82, 2.24) is 20.2 Å². The first-order valence-corrected chi connectivity index (χ1v) is 5.76. The number of aromatic nitrogens is 3. The van der Waals surface area contributed by atoms with Crippen LogP contribution in [0.2, 0.25) is 0 Å². The quantitative estimate of drug-likeness (QED) is 0.745. The fourth-order valence-electron chi connectivity index (χ4n) is 1.53. The van der Waals surface area contributed by atoms with Gasteiger partial charge in [0.05, 0.1) is 7.11 Å². The Morgan fingerprint density at radius 3 is 2.60 bits per heavy atom. The molecule has 2 amide bonds. The van der Waals surface area contributed by atoms with Crippen LogP contribution >= 0.6 is 0 Å². The molecule has 8 heteroatoms. The fraction of sp³-hybridized carbons (Fsp3) is 0.167. The smallest absolute Gasteiger partial charge is 0.328 e. The Kier molecular flexibility index (Phi) is 4.28. The van der Waals surface area contributed by atoms with Crippen LogP contribution in [0.3, 0.4) is 0 Å². The van der Waals surface area contributed by atoms with Crippen LogP contribution in [0.25, 0.3) is 0 Å². The summed E-state index contributed by atoms with van der Waals surface area (Å²) in [6.45, 7) is 0.193. The molecule has 1 heterocycles. The van der Waals surface area contributed by atoms with E-state index in [2.05, 4.69) is 20.9 Å². The lowest BCUT2D eigenvalue weighted by Gasteiger charge is -2.09. The Hall–Kier alpha value is -2.90. The van der Waals surface area contributed by atoms with E-state index in [0.717, 1.165) is 5.56 Å². The van der Waals surface area contributed by atoms with Gasteiger partial charge in [0.1, 0.15) is 18.4 Å². The lowest BCUT2D eigenvalue weighted by Crippen LogP contribution is -2.38. The summed E-state index contributed by atoms with van der Waals surface area (Å²) in [5, 5.41) is 9.50. The third-order valence-corrected chi connectivity index (χ3v) is 2.49. The van der Waals surface area contributed by atoms with Crippen molar-refractivity contribution in [3.05, 3.63) is 42.5 Å². The van der Waals surface area contributed by atoms with E-state index in [1.807, 2.05) is 12.1 Å². The van der Waals surface area contributed by atoms with Gasteiger partial charge in [-0.1, -0.05) is 18.2 Å². The van der Waals surface area contributed by atoms with Gasteiger partial charge in [0.2, 0.25) is 0 Å². The van der Waals surface area contributed by atoms with Crippen molar-refractivity contribution >= 4 is 11.8 Å². The molecule has 0 aliphatic rings. The lowest BCUT2D eigenvalue weighted by molar-refractivity contribution is -0.136. The van der Waals surface area contributed by atoms with E-state index in [0.29, 0.717) is 5.75 Å². The highest BCUT2D eigenvalue weighted by Gasteiger charge is 2.14. The van der Waals surface area contributed by atoms with Crippen LogP contribution in [0.1, 0.15) is 5.56 Å². The van der Waals surface area contributed by atoms with E-state index in [-0.39, 0.29) is 6.54 Å². The highest BCUT2D eigenvalue weighted by molar-refractivity contribution is 6.38. The molecule has 0 unspecified atom stereocenters.